The van der Waals surface area contributed by atoms with E-state index in [9.17, 15) is 19.2 Å². The van der Waals surface area contributed by atoms with Gasteiger partial charge >= 0.3 is 0 Å². The van der Waals surface area contributed by atoms with Crippen molar-refractivity contribution in [2.75, 3.05) is 26.2 Å². The van der Waals surface area contributed by atoms with E-state index in [0.29, 0.717) is 32.1 Å². The number of thiocarbonyl (C=S) groups is 2. The summed E-state index contributed by atoms with van der Waals surface area (Å²) in [6, 6.07) is 33.7. The van der Waals surface area contributed by atoms with Crippen LogP contribution in [-0.4, -0.2) is 84.2 Å². The van der Waals surface area contributed by atoms with Crippen LogP contribution in [0.15, 0.2) is 96.1 Å². The number of aryl methyl sites for hydroxylation is 4. The van der Waals surface area contributed by atoms with Gasteiger partial charge in [0.25, 0.3) is 23.6 Å². The molecule has 2 saturated heterocycles. The first-order valence-electron chi connectivity index (χ1n) is 42.7. The number of carbonyl (C=O) groups is 4. The summed E-state index contributed by atoms with van der Waals surface area (Å²) in [4.78, 5) is 76.9. The number of unbranched alkanes of at least 4 members (excludes halogenated alkanes) is 21. The molecule has 7 aromatic heterocycles. The Labute approximate surface area is 699 Å². The number of benzene rings is 2. The highest BCUT2D eigenvalue weighted by molar-refractivity contribution is 7.80. The molecule has 0 aliphatic carbocycles. The Bertz CT molecular complexity index is 4370. The molecule has 11 rings (SSSR count). The average molecular weight is 1640 g/mol. The van der Waals surface area contributed by atoms with Gasteiger partial charge in [0.05, 0.1) is 0 Å². The lowest BCUT2D eigenvalue weighted by Gasteiger charge is -2.35. The molecule has 2 aliphatic rings. The summed E-state index contributed by atoms with van der Waals surface area (Å²) < 4.78 is 2.71. The summed E-state index contributed by atoms with van der Waals surface area (Å²) in [7, 11) is 0. The first kappa shape index (κ1) is 85.9. The molecule has 17 heteroatoms. The van der Waals surface area contributed by atoms with Gasteiger partial charge in [-0.3, -0.25) is 38.8 Å². The Hall–Kier alpha value is -6.02. The number of carbonyl (C=O) groups excluding carboxylic acids is 4. The average Bonchev–Trinajstić information content (AvgIpc) is 1.63. The summed E-state index contributed by atoms with van der Waals surface area (Å²) in [6.07, 6.45) is 41.9. The van der Waals surface area contributed by atoms with Crippen molar-refractivity contribution >= 4 is 160 Å². The number of hydrogen-bond donors (Lipinski definition) is 0. The topological polar surface area (TPSA) is 86.2 Å². The van der Waals surface area contributed by atoms with Crippen LogP contribution < -0.4 is 0 Å². The third-order valence-corrected chi connectivity index (χ3v) is 31.1. The van der Waals surface area contributed by atoms with Gasteiger partial charge in [-0.25, -0.2) is 0 Å². The van der Waals surface area contributed by atoms with Gasteiger partial charge in [-0.2, -0.15) is 0 Å². The van der Waals surface area contributed by atoms with Crippen LogP contribution in [0.1, 0.15) is 281 Å². The zero-order valence-corrected chi connectivity index (χ0v) is 74.6. The van der Waals surface area contributed by atoms with E-state index in [1.54, 1.807) is 42.3 Å². The molecule has 9 aromatic rings. The van der Waals surface area contributed by atoms with Gasteiger partial charge in [0.1, 0.15) is 11.1 Å². The zero-order chi connectivity index (χ0) is 78.5. The molecule has 0 bridgehead atoms. The number of rotatable bonds is 46. The molecule has 9 nitrogen and oxygen atoms in total. The van der Waals surface area contributed by atoms with Crippen molar-refractivity contribution in [1.82, 2.24) is 24.2 Å². The van der Waals surface area contributed by atoms with Crippen molar-refractivity contribution in [2.24, 2.45) is 5.92 Å². The van der Waals surface area contributed by atoms with E-state index in [2.05, 4.69) is 131 Å². The van der Waals surface area contributed by atoms with Crippen molar-refractivity contribution in [3.05, 3.63) is 128 Å². The molecule has 0 N–H and O–H groups in total. The van der Waals surface area contributed by atoms with E-state index in [1.807, 2.05) is 85.2 Å². The van der Waals surface area contributed by atoms with Crippen LogP contribution in [0, 0.1) is 5.92 Å². The van der Waals surface area contributed by atoms with Gasteiger partial charge in [-0.05, 0) is 222 Å². The lowest BCUT2D eigenvalue weighted by atomic mass is 9.99. The second-order valence-corrected chi connectivity index (χ2v) is 37.9. The summed E-state index contributed by atoms with van der Waals surface area (Å²) in [5.41, 5.74) is 11.0. The van der Waals surface area contributed by atoms with Gasteiger partial charge in [-0.1, -0.05) is 213 Å². The van der Waals surface area contributed by atoms with Crippen molar-refractivity contribution < 1.29 is 19.2 Å². The van der Waals surface area contributed by atoms with Gasteiger partial charge in [0.15, 0.2) is 10.2 Å². The summed E-state index contributed by atoms with van der Waals surface area (Å²) >= 11 is 22.4. The van der Waals surface area contributed by atoms with E-state index in [-0.39, 0.29) is 45.0 Å². The van der Waals surface area contributed by atoms with Crippen LogP contribution in [0.4, 0.5) is 0 Å². The third-order valence-electron chi connectivity index (χ3n) is 22.7. The van der Waals surface area contributed by atoms with Gasteiger partial charge < -0.3 is 4.57 Å². The van der Waals surface area contributed by atoms with Crippen LogP contribution >= 0.6 is 92.5 Å². The number of amides is 4. The molecule has 0 saturated carbocycles. The normalized spacial score (nSPS) is 14.1. The molecule has 2 fully saturated rings. The molecule has 594 valence electrons. The Balaban J connectivity index is 0.963. The van der Waals surface area contributed by atoms with Gasteiger partial charge in [0.2, 0.25) is 0 Å². The predicted octanol–water partition coefficient (Wildman–Crippen LogP) is 28.8. The Kier molecular flexibility index (Phi) is 32.9. The molecule has 111 heavy (non-hydrogen) atoms. The molecule has 2 aliphatic heterocycles. The summed E-state index contributed by atoms with van der Waals surface area (Å²) in [6.45, 7) is 24.1. The molecule has 1 unspecified atom stereocenters. The number of hydrogen-bond acceptors (Lipinski definition) is 12. The summed E-state index contributed by atoms with van der Waals surface area (Å²) in [5, 5.41) is 3.19. The molecular weight excluding hydrogens is 1520 g/mol. The number of nitrogens with zero attached hydrogens (tertiary/aromatic N) is 5. The monoisotopic (exact) mass is 1640 g/mol. The van der Waals surface area contributed by atoms with E-state index in [1.165, 1.54) is 252 Å². The second-order valence-electron chi connectivity index (χ2n) is 30.7. The molecule has 4 amide bonds. The standard InChI is InChI=1S/C94H121N5O4S8/c1-11-21-26-30-34-38-43-67-55-71(61-75-89(100)95(17-7)93(104)96(18-8)90(75)101)106-85(67)79-51-53-81(108-79)87-69(45-40-36-32-28-23-13-3)59-83(110-87)65-47-49-73-74-50-48-66(58-78(74)99(77(73)57-65)63-64(16-6)42-25-15-5)84-60-70(46-41-37-33-29-24-14-4)88(111-84)82-54-52-80(109-82)86-68(44-39-35-31-27-22-12-2)56-72(107-86)62-76-91(102)97(19-9)94(105)98(20-10)92(76)103/h47-62,64H,11-46,63H2,1-10H3. The van der Waals surface area contributed by atoms with E-state index in [0.717, 1.165) is 74.1 Å². The van der Waals surface area contributed by atoms with Crippen LogP contribution in [0.2, 0.25) is 0 Å². The lowest BCUT2D eigenvalue weighted by Crippen LogP contribution is -2.55. The van der Waals surface area contributed by atoms with Crippen molar-refractivity contribution in [3.8, 4) is 59.9 Å². The highest BCUT2D eigenvalue weighted by atomic mass is 32.1. The third kappa shape index (κ3) is 20.8. The quantitative estimate of drug-likeness (QED) is 0.0164. The zero-order valence-electron chi connectivity index (χ0n) is 68.1. The minimum Gasteiger partial charge on any atom is -0.340 e. The maximum Gasteiger partial charge on any atom is 0.265 e. The van der Waals surface area contributed by atoms with Crippen molar-refractivity contribution in [1.29, 1.82) is 0 Å². The van der Waals surface area contributed by atoms with Crippen LogP contribution in [-0.2, 0) is 51.4 Å². The molecule has 9 heterocycles. The van der Waals surface area contributed by atoms with Crippen LogP contribution in [0.3, 0.4) is 0 Å². The number of thiophene rings is 6. The molecule has 0 spiro atoms. The number of fused-ring (bicyclic) bond motifs is 3. The molecular formula is C94H121N5O4S8. The molecule has 0 radical (unpaired) electrons. The highest BCUT2D eigenvalue weighted by Crippen LogP contribution is 2.50. The molecule has 2 aromatic carbocycles. The fraction of sp³-hybridized carbons (Fsp3) is 0.511. The maximum atomic E-state index is 14.0. The fourth-order valence-corrected chi connectivity index (χ4v) is 24.3. The van der Waals surface area contributed by atoms with E-state index in [4.69, 9.17) is 24.4 Å². The predicted molar refractivity (Wildman–Crippen MR) is 492 cm³/mol. The number of aromatic nitrogens is 1. The lowest BCUT2D eigenvalue weighted by molar-refractivity contribution is -0.135. The van der Waals surface area contributed by atoms with E-state index >= 15 is 0 Å². The second kappa shape index (κ2) is 42.6. The Morgan fingerprint density at radius 1 is 0.333 bits per heavy atom. The van der Waals surface area contributed by atoms with Crippen LogP contribution in [0.25, 0.3) is 93.9 Å². The van der Waals surface area contributed by atoms with E-state index < -0.39 is 0 Å². The molecule has 1 atom stereocenters. The number of likely N-dealkylation sites (N-methyl/N-ethyl adjacent to an activating group) is 4. The van der Waals surface area contributed by atoms with Crippen molar-refractivity contribution in [3.63, 3.8) is 0 Å². The largest absolute Gasteiger partial charge is 0.340 e. The Morgan fingerprint density at radius 3 is 0.955 bits per heavy atom. The first-order chi connectivity index (χ1) is 54.1. The minimum absolute atomic E-state index is 0.184. The Morgan fingerprint density at radius 2 is 0.640 bits per heavy atom. The maximum absolute atomic E-state index is 14.0. The van der Waals surface area contributed by atoms with Gasteiger partial charge in [0, 0.05) is 113 Å². The fourth-order valence-electron chi connectivity index (χ4n) is 16.1. The highest BCUT2D eigenvalue weighted by Gasteiger charge is 2.40. The minimum atomic E-state index is -0.312. The smallest absolute Gasteiger partial charge is 0.265 e. The van der Waals surface area contributed by atoms with Crippen molar-refractivity contribution in [2.45, 2.75) is 281 Å². The van der Waals surface area contributed by atoms with Gasteiger partial charge in [-0.15, -0.1) is 68.0 Å². The first-order valence-corrected chi connectivity index (χ1v) is 48.4. The SMILES string of the molecule is CCCCCCCCc1cc(C=C2C(=O)N(CC)C(=S)N(CC)C2=O)sc1-c1ccc(-c2sc(-c3ccc4c5ccc(-c6cc(CCCCCCCC)c(-c7ccc(-c8sc(C=C9C(=O)N(CC)C(=S)N(CC)C9=O)cc8CCCCCCCC)s7)s6)cc5n(CC(CC)CCCC)c4c3)cc2CCCCCCCC)s1. The summed E-state index contributed by atoms with van der Waals surface area (Å²) in [5.74, 6) is -0.708. The van der Waals surface area contributed by atoms with Crippen LogP contribution in [0.5, 0.6) is 0 Å².